The second-order valence-corrected chi connectivity index (χ2v) is 8.83. The molecule has 154 valence electrons. The number of fused-ring (bicyclic) bond motifs is 3. The highest BCUT2D eigenvalue weighted by molar-refractivity contribution is 7.25. The second-order valence-electron chi connectivity index (χ2n) is 6.89. The summed E-state index contributed by atoms with van der Waals surface area (Å²) in [6.07, 6.45) is 1.39. The Morgan fingerprint density at radius 1 is 1.13 bits per heavy atom. The summed E-state index contributed by atoms with van der Waals surface area (Å²) in [5.41, 5.74) is 1.95. The normalized spacial score (nSPS) is 11.3. The van der Waals surface area contributed by atoms with Crippen molar-refractivity contribution in [3.05, 3.63) is 82.0 Å². The maximum absolute atomic E-state index is 13.0. The van der Waals surface area contributed by atoms with E-state index in [1.807, 2.05) is 29.6 Å². The number of carbonyl (C=O) groups is 1. The lowest BCUT2D eigenvalue weighted by Gasteiger charge is -2.07. The molecule has 0 radical (unpaired) electrons. The molecule has 9 heteroatoms. The highest BCUT2D eigenvalue weighted by Crippen LogP contribution is 2.32. The van der Waals surface area contributed by atoms with Gasteiger partial charge in [0.15, 0.2) is 0 Å². The smallest absolute Gasteiger partial charge is 0.271 e. The van der Waals surface area contributed by atoms with Crippen molar-refractivity contribution in [2.75, 3.05) is 0 Å². The van der Waals surface area contributed by atoms with Crippen LogP contribution in [-0.4, -0.2) is 20.4 Å². The number of nitrogens with one attached hydrogen (secondary N) is 1. The fraction of sp³-hybridized carbons (Fsp3) is 0.0909. The average Bonchev–Trinajstić information content (AvgIpc) is 3.43. The molecule has 0 aliphatic heterocycles. The van der Waals surface area contributed by atoms with Gasteiger partial charge in [-0.25, -0.2) is 14.4 Å². The third kappa shape index (κ3) is 3.85. The Labute approximate surface area is 183 Å². The molecule has 5 rings (SSSR count). The fourth-order valence-electron chi connectivity index (χ4n) is 3.24. The summed E-state index contributed by atoms with van der Waals surface area (Å²) in [6, 6.07) is 13.7. The van der Waals surface area contributed by atoms with Gasteiger partial charge in [-0.1, -0.05) is 18.2 Å². The zero-order valence-corrected chi connectivity index (χ0v) is 17.7. The minimum atomic E-state index is -0.332. The van der Waals surface area contributed by atoms with Crippen molar-refractivity contribution in [2.24, 2.45) is 0 Å². The van der Waals surface area contributed by atoms with E-state index in [4.69, 9.17) is 4.98 Å². The first kappa shape index (κ1) is 19.5. The van der Waals surface area contributed by atoms with Gasteiger partial charge in [0.2, 0.25) is 5.91 Å². The summed E-state index contributed by atoms with van der Waals surface area (Å²) in [7, 11) is 0. The Morgan fingerprint density at radius 2 is 1.97 bits per heavy atom. The SMILES string of the molecule is O=C(Cn1cnc2c(sc3nc(-c4cccs4)ccc32)c1=O)NCc1ccc(F)cc1. The van der Waals surface area contributed by atoms with Crippen LogP contribution < -0.4 is 10.9 Å². The third-order valence-corrected chi connectivity index (χ3v) is 6.77. The van der Waals surface area contributed by atoms with Crippen LogP contribution in [0.25, 0.3) is 31.0 Å². The van der Waals surface area contributed by atoms with Crippen molar-refractivity contribution in [1.29, 1.82) is 0 Å². The first-order chi connectivity index (χ1) is 15.1. The Balaban J connectivity index is 1.40. The van der Waals surface area contributed by atoms with Crippen molar-refractivity contribution in [3.8, 4) is 10.6 Å². The molecule has 0 atom stereocenters. The molecule has 5 aromatic rings. The molecule has 0 saturated heterocycles. The number of benzene rings is 1. The molecule has 0 aliphatic carbocycles. The van der Waals surface area contributed by atoms with Gasteiger partial charge in [-0.3, -0.25) is 14.2 Å². The van der Waals surface area contributed by atoms with Crippen molar-refractivity contribution >= 4 is 49.0 Å². The minimum Gasteiger partial charge on any atom is -0.350 e. The van der Waals surface area contributed by atoms with Crippen LogP contribution in [0, 0.1) is 5.82 Å². The van der Waals surface area contributed by atoms with Crippen LogP contribution in [0.15, 0.2) is 65.0 Å². The summed E-state index contributed by atoms with van der Waals surface area (Å²) in [6.45, 7) is 0.104. The molecule has 0 saturated carbocycles. The number of nitrogens with zero attached hydrogens (tertiary/aromatic N) is 3. The topological polar surface area (TPSA) is 76.9 Å². The van der Waals surface area contributed by atoms with Crippen LogP contribution in [0.1, 0.15) is 5.56 Å². The molecule has 0 fully saturated rings. The monoisotopic (exact) mass is 450 g/mol. The number of halogens is 1. The van der Waals surface area contributed by atoms with Crippen LogP contribution in [0.2, 0.25) is 0 Å². The van der Waals surface area contributed by atoms with E-state index in [9.17, 15) is 14.0 Å². The zero-order valence-electron chi connectivity index (χ0n) is 16.0. The van der Waals surface area contributed by atoms with Crippen LogP contribution in [0.5, 0.6) is 0 Å². The molecular formula is C22H15FN4O2S2. The summed E-state index contributed by atoms with van der Waals surface area (Å²) < 4.78 is 14.7. The average molecular weight is 451 g/mol. The first-order valence-electron chi connectivity index (χ1n) is 9.42. The lowest BCUT2D eigenvalue weighted by atomic mass is 10.2. The van der Waals surface area contributed by atoms with E-state index in [-0.39, 0.29) is 30.4 Å². The van der Waals surface area contributed by atoms with Crippen LogP contribution in [0.4, 0.5) is 4.39 Å². The lowest BCUT2D eigenvalue weighted by Crippen LogP contribution is -2.31. The molecule has 1 aromatic carbocycles. The number of amides is 1. The fourth-order valence-corrected chi connectivity index (χ4v) is 5.01. The van der Waals surface area contributed by atoms with E-state index in [1.165, 1.54) is 34.4 Å². The van der Waals surface area contributed by atoms with E-state index >= 15 is 0 Å². The molecular weight excluding hydrogens is 435 g/mol. The number of thiophene rings is 2. The molecule has 4 heterocycles. The van der Waals surface area contributed by atoms with Gasteiger partial charge < -0.3 is 5.32 Å². The Morgan fingerprint density at radius 3 is 2.74 bits per heavy atom. The van der Waals surface area contributed by atoms with Crippen molar-refractivity contribution in [3.63, 3.8) is 0 Å². The van der Waals surface area contributed by atoms with Gasteiger partial charge in [-0.15, -0.1) is 22.7 Å². The maximum Gasteiger partial charge on any atom is 0.271 e. The first-order valence-corrected chi connectivity index (χ1v) is 11.1. The predicted molar refractivity (Wildman–Crippen MR) is 121 cm³/mol. The minimum absolute atomic E-state index is 0.148. The molecule has 0 unspecified atom stereocenters. The largest absolute Gasteiger partial charge is 0.350 e. The van der Waals surface area contributed by atoms with Crippen molar-refractivity contribution in [1.82, 2.24) is 19.9 Å². The number of hydrogen-bond acceptors (Lipinski definition) is 6. The summed E-state index contributed by atoms with van der Waals surface area (Å²) >= 11 is 2.89. The third-order valence-electron chi connectivity index (χ3n) is 4.80. The molecule has 1 amide bonds. The van der Waals surface area contributed by atoms with E-state index in [0.29, 0.717) is 10.2 Å². The summed E-state index contributed by atoms with van der Waals surface area (Å²) in [4.78, 5) is 36.2. The number of rotatable bonds is 5. The maximum atomic E-state index is 13.0. The Kier molecular flexibility index (Phi) is 5.05. The lowest BCUT2D eigenvalue weighted by molar-refractivity contribution is -0.121. The van der Waals surface area contributed by atoms with Gasteiger partial charge in [0.1, 0.15) is 21.9 Å². The number of hydrogen-bond donors (Lipinski definition) is 1. The molecule has 6 nitrogen and oxygen atoms in total. The van der Waals surface area contributed by atoms with Gasteiger partial charge in [0.25, 0.3) is 5.56 Å². The van der Waals surface area contributed by atoms with E-state index in [2.05, 4.69) is 10.3 Å². The predicted octanol–water partition coefficient (Wildman–Crippen LogP) is 4.19. The van der Waals surface area contributed by atoms with Gasteiger partial charge in [0, 0.05) is 11.9 Å². The zero-order chi connectivity index (χ0) is 21.4. The standard InChI is InChI=1S/C22H15FN4O2S2/c23-14-5-3-13(4-6-14)10-24-18(28)11-27-12-25-19-15-7-8-16(17-2-1-9-30-17)26-21(15)31-20(19)22(27)29/h1-9,12H,10-11H2,(H,24,28). The molecule has 1 N–H and O–H groups in total. The van der Waals surface area contributed by atoms with Crippen molar-refractivity contribution in [2.45, 2.75) is 13.1 Å². The van der Waals surface area contributed by atoms with Crippen LogP contribution in [-0.2, 0) is 17.9 Å². The number of carbonyl (C=O) groups excluding carboxylic acids is 1. The molecule has 0 spiro atoms. The van der Waals surface area contributed by atoms with Gasteiger partial charge in [0.05, 0.1) is 22.4 Å². The Bertz CT molecular complexity index is 1460. The van der Waals surface area contributed by atoms with Gasteiger partial charge in [-0.05, 0) is 41.3 Å². The second kappa shape index (κ2) is 8.01. The molecule has 4 aromatic heterocycles. The number of pyridine rings is 1. The van der Waals surface area contributed by atoms with E-state index in [0.717, 1.165) is 26.4 Å². The Hall–Kier alpha value is -3.43. The van der Waals surface area contributed by atoms with Gasteiger partial charge >= 0.3 is 0 Å². The quantitative estimate of drug-likeness (QED) is 0.436. The van der Waals surface area contributed by atoms with Crippen LogP contribution in [0.3, 0.4) is 0 Å². The molecule has 31 heavy (non-hydrogen) atoms. The van der Waals surface area contributed by atoms with Crippen LogP contribution >= 0.6 is 22.7 Å². The highest BCUT2D eigenvalue weighted by atomic mass is 32.1. The van der Waals surface area contributed by atoms with E-state index < -0.39 is 0 Å². The van der Waals surface area contributed by atoms with Gasteiger partial charge in [-0.2, -0.15) is 0 Å². The van der Waals surface area contributed by atoms with E-state index in [1.54, 1.807) is 23.5 Å². The number of aromatic nitrogens is 3. The summed E-state index contributed by atoms with van der Waals surface area (Å²) in [5.74, 6) is -0.659. The van der Waals surface area contributed by atoms with Crippen molar-refractivity contribution < 1.29 is 9.18 Å². The molecule has 0 aliphatic rings. The summed E-state index contributed by atoms with van der Waals surface area (Å²) in [5, 5.41) is 5.55. The highest BCUT2D eigenvalue weighted by Gasteiger charge is 2.15. The molecule has 0 bridgehead atoms.